The van der Waals surface area contributed by atoms with E-state index in [4.69, 9.17) is 4.74 Å². The van der Waals surface area contributed by atoms with E-state index < -0.39 is 0 Å². The van der Waals surface area contributed by atoms with Crippen molar-refractivity contribution in [2.45, 2.75) is 0 Å². The maximum atomic E-state index is 5.54. The number of fused-ring (bicyclic) bond motifs is 1. The summed E-state index contributed by atoms with van der Waals surface area (Å²) in [6.07, 6.45) is 0. The van der Waals surface area contributed by atoms with Crippen LogP contribution in [0.2, 0.25) is 0 Å². The SMILES string of the molecule is CNc1ccccc1-c1cccc2cccc(OC)c12. The van der Waals surface area contributed by atoms with Gasteiger partial charge in [0.2, 0.25) is 0 Å². The molecule has 0 amide bonds. The molecule has 0 unspecified atom stereocenters. The van der Waals surface area contributed by atoms with E-state index in [9.17, 15) is 0 Å². The van der Waals surface area contributed by atoms with E-state index in [2.05, 4.69) is 47.8 Å². The summed E-state index contributed by atoms with van der Waals surface area (Å²) in [4.78, 5) is 0. The third-order valence-corrected chi connectivity index (χ3v) is 3.57. The first-order chi connectivity index (χ1) is 9.85. The Morgan fingerprint density at radius 2 is 1.50 bits per heavy atom. The van der Waals surface area contributed by atoms with Crippen LogP contribution >= 0.6 is 0 Å². The van der Waals surface area contributed by atoms with Crippen molar-refractivity contribution in [1.29, 1.82) is 0 Å². The lowest BCUT2D eigenvalue weighted by atomic mass is 9.96. The van der Waals surface area contributed by atoms with Crippen molar-refractivity contribution in [3.05, 3.63) is 60.7 Å². The molecule has 0 aromatic heterocycles. The average molecular weight is 263 g/mol. The van der Waals surface area contributed by atoms with Crippen LogP contribution in [0.4, 0.5) is 5.69 Å². The first-order valence-corrected chi connectivity index (χ1v) is 6.68. The van der Waals surface area contributed by atoms with Gasteiger partial charge in [0.15, 0.2) is 0 Å². The molecule has 3 aromatic rings. The molecular formula is C18H17NO. The lowest BCUT2D eigenvalue weighted by Crippen LogP contribution is -1.93. The summed E-state index contributed by atoms with van der Waals surface area (Å²) in [7, 11) is 3.66. The number of nitrogens with one attached hydrogen (secondary N) is 1. The predicted molar refractivity (Wildman–Crippen MR) is 85.5 cm³/mol. The van der Waals surface area contributed by atoms with Crippen LogP contribution in [0.25, 0.3) is 21.9 Å². The van der Waals surface area contributed by atoms with Gasteiger partial charge < -0.3 is 10.1 Å². The molecule has 0 saturated heterocycles. The van der Waals surface area contributed by atoms with Gasteiger partial charge in [-0.1, -0.05) is 48.5 Å². The maximum Gasteiger partial charge on any atom is 0.127 e. The highest BCUT2D eigenvalue weighted by atomic mass is 16.5. The van der Waals surface area contributed by atoms with Crippen LogP contribution in [0.5, 0.6) is 5.75 Å². The van der Waals surface area contributed by atoms with Gasteiger partial charge in [-0.2, -0.15) is 0 Å². The molecule has 2 nitrogen and oxygen atoms in total. The van der Waals surface area contributed by atoms with Gasteiger partial charge in [0.25, 0.3) is 0 Å². The quantitative estimate of drug-likeness (QED) is 0.748. The highest BCUT2D eigenvalue weighted by Crippen LogP contribution is 2.38. The number of hydrogen-bond acceptors (Lipinski definition) is 2. The molecule has 0 atom stereocenters. The van der Waals surface area contributed by atoms with E-state index >= 15 is 0 Å². The summed E-state index contributed by atoms with van der Waals surface area (Å²) in [6.45, 7) is 0. The monoisotopic (exact) mass is 263 g/mol. The van der Waals surface area contributed by atoms with Crippen LogP contribution < -0.4 is 10.1 Å². The maximum absolute atomic E-state index is 5.54. The highest BCUT2D eigenvalue weighted by molar-refractivity contribution is 6.03. The van der Waals surface area contributed by atoms with Crippen molar-refractivity contribution in [3.63, 3.8) is 0 Å². The summed E-state index contributed by atoms with van der Waals surface area (Å²) in [5, 5.41) is 5.60. The largest absolute Gasteiger partial charge is 0.496 e. The Morgan fingerprint density at radius 3 is 2.25 bits per heavy atom. The van der Waals surface area contributed by atoms with Crippen molar-refractivity contribution in [2.75, 3.05) is 19.5 Å². The Hall–Kier alpha value is -2.48. The molecule has 0 radical (unpaired) electrons. The zero-order valence-corrected chi connectivity index (χ0v) is 11.7. The fourth-order valence-corrected chi connectivity index (χ4v) is 2.64. The third kappa shape index (κ3) is 1.99. The molecule has 0 aliphatic rings. The molecule has 2 heteroatoms. The number of ether oxygens (including phenoxy) is 1. The van der Waals surface area contributed by atoms with Crippen LogP contribution in [-0.2, 0) is 0 Å². The minimum absolute atomic E-state index is 0.906. The van der Waals surface area contributed by atoms with Crippen molar-refractivity contribution < 1.29 is 4.74 Å². The molecule has 1 N–H and O–H groups in total. The first kappa shape index (κ1) is 12.5. The summed E-state index contributed by atoms with van der Waals surface area (Å²) >= 11 is 0. The van der Waals surface area contributed by atoms with Gasteiger partial charge in [-0.3, -0.25) is 0 Å². The second kappa shape index (κ2) is 5.25. The lowest BCUT2D eigenvalue weighted by molar-refractivity contribution is 0.420. The van der Waals surface area contributed by atoms with Crippen molar-refractivity contribution >= 4 is 16.5 Å². The third-order valence-electron chi connectivity index (χ3n) is 3.57. The predicted octanol–water partition coefficient (Wildman–Crippen LogP) is 4.56. The van der Waals surface area contributed by atoms with Gasteiger partial charge in [-0.05, 0) is 23.1 Å². The highest BCUT2D eigenvalue weighted by Gasteiger charge is 2.10. The van der Waals surface area contributed by atoms with E-state index in [1.807, 2.05) is 25.2 Å². The van der Waals surface area contributed by atoms with E-state index in [1.54, 1.807) is 7.11 Å². The van der Waals surface area contributed by atoms with Crippen LogP contribution in [0.1, 0.15) is 0 Å². The van der Waals surface area contributed by atoms with E-state index in [0.29, 0.717) is 0 Å². The molecule has 0 aliphatic carbocycles. The molecule has 3 rings (SSSR count). The molecular weight excluding hydrogens is 246 g/mol. The lowest BCUT2D eigenvalue weighted by Gasteiger charge is -2.14. The van der Waals surface area contributed by atoms with Gasteiger partial charge >= 0.3 is 0 Å². The summed E-state index contributed by atoms with van der Waals surface area (Å²) in [5.41, 5.74) is 3.49. The fraction of sp³-hybridized carbons (Fsp3) is 0.111. The Balaban J connectivity index is 2.36. The number of benzene rings is 3. The van der Waals surface area contributed by atoms with Crippen LogP contribution in [0, 0.1) is 0 Å². The van der Waals surface area contributed by atoms with Crippen molar-refractivity contribution in [2.24, 2.45) is 0 Å². The standard InChI is InChI=1S/C18H17NO/c1-19-16-11-4-3-9-14(16)15-10-5-7-13-8-6-12-17(20-2)18(13)15/h3-12,19H,1-2H3. The molecule has 0 spiro atoms. The van der Waals surface area contributed by atoms with E-state index in [-0.39, 0.29) is 0 Å². The van der Waals surface area contributed by atoms with E-state index in [0.717, 1.165) is 16.8 Å². The first-order valence-electron chi connectivity index (χ1n) is 6.68. The molecule has 3 aromatic carbocycles. The minimum Gasteiger partial charge on any atom is -0.496 e. The molecule has 0 aliphatic heterocycles. The molecule has 0 fully saturated rings. The molecule has 100 valence electrons. The number of hydrogen-bond donors (Lipinski definition) is 1. The minimum atomic E-state index is 0.906. The normalized spacial score (nSPS) is 10.5. The average Bonchev–Trinajstić information content (AvgIpc) is 2.53. The van der Waals surface area contributed by atoms with Crippen molar-refractivity contribution in [1.82, 2.24) is 0 Å². The van der Waals surface area contributed by atoms with Crippen LogP contribution in [0.3, 0.4) is 0 Å². The fourth-order valence-electron chi connectivity index (χ4n) is 2.64. The zero-order chi connectivity index (χ0) is 13.9. The van der Waals surface area contributed by atoms with E-state index in [1.165, 1.54) is 16.5 Å². The Morgan fingerprint density at radius 1 is 0.800 bits per heavy atom. The Labute approximate surface area is 119 Å². The van der Waals surface area contributed by atoms with Gasteiger partial charge in [0, 0.05) is 23.7 Å². The number of para-hydroxylation sites is 1. The van der Waals surface area contributed by atoms with Crippen LogP contribution in [-0.4, -0.2) is 14.2 Å². The molecule has 0 saturated carbocycles. The number of rotatable bonds is 3. The van der Waals surface area contributed by atoms with Gasteiger partial charge in [-0.25, -0.2) is 0 Å². The molecule has 0 heterocycles. The molecule has 0 bridgehead atoms. The van der Waals surface area contributed by atoms with Crippen molar-refractivity contribution in [3.8, 4) is 16.9 Å². The molecule has 20 heavy (non-hydrogen) atoms. The van der Waals surface area contributed by atoms with Gasteiger partial charge in [0.05, 0.1) is 7.11 Å². The Bertz CT molecular complexity index is 744. The number of anilines is 1. The van der Waals surface area contributed by atoms with Gasteiger partial charge in [-0.15, -0.1) is 0 Å². The number of methoxy groups -OCH3 is 1. The van der Waals surface area contributed by atoms with Gasteiger partial charge in [0.1, 0.15) is 5.75 Å². The second-order valence-electron chi connectivity index (χ2n) is 4.66. The topological polar surface area (TPSA) is 21.3 Å². The second-order valence-corrected chi connectivity index (χ2v) is 4.66. The summed E-state index contributed by atoms with van der Waals surface area (Å²) in [6, 6.07) is 20.8. The van der Waals surface area contributed by atoms with Crippen LogP contribution in [0.15, 0.2) is 60.7 Å². The summed E-state index contributed by atoms with van der Waals surface area (Å²) in [5.74, 6) is 0.906. The Kier molecular flexibility index (Phi) is 3.30. The summed E-state index contributed by atoms with van der Waals surface area (Å²) < 4.78 is 5.54. The zero-order valence-electron chi connectivity index (χ0n) is 11.7. The smallest absolute Gasteiger partial charge is 0.127 e.